The number of aromatic nitrogens is 3. The molecule has 2 aromatic heterocycles. The Bertz CT molecular complexity index is 1650. The predicted octanol–water partition coefficient (Wildman–Crippen LogP) is 3.52. The maximum atomic E-state index is 12.5. The van der Waals surface area contributed by atoms with E-state index in [1.807, 2.05) is 6.07 Å². The normalized spacial score (nSPS) is 15.1. The van der Waals surface area contributed by atoms with Gasteiger partial charge in [-0.2, -0.15) is 5.26 Å². The fraction of sp³-hybridized carbons (Fsp3) is 0.167. The topological polar surface area (TPSA) is 182 Å². The molecule has 0 bridgehead atoms. The maximum absolute atomic E-state index is 12.5. The van der Waals surface area contributed by atoms with E-state index in [4.69, 9.17) is 9.47 Å². The van der Waals surface area contributed by atoms with Gasteiger partial charge in [0.2, 0.25) is 5.95 Å². The average Bonchev–Trinajstić information content (AvgIpc) is 3.43. The van der Waals surface area contributed by atoms with Gasteiger partial charge in [-0.3, -0.25) is 19.8 Å². The third kappa shape index (κ3) is 5.14. The Balaban J connectivity index is 1.46. The molecule has 1 aliphatic rings. The monoisotopic (exact) mass is 533 g/mol. The first-order chi connectivity index (χ1) is 18.3. The van der Waals surface area contributed by atoms with Gasteiger partial charge in [-0.15, -0.1) is 0 Å². The lowest BCUT2D eigenvalue weighted by Crippen LogP contribution is -2.16. The summed E-state index contributed by atoms with van der Waals surface area (Å²) in [7, 11) is -3.84. The molecule has 0 amide bonds. The van der Waals surface area contributed by atoms with Gasteiger partial charge in [0.1, 0.15) is 12.2 Å². The first kappa shape index (κ1) is 24.8. The van der Waals surface area contributed by atoms with E-state index < -0.39 is 14.9 Å². The number of anilines is 3. The number of hydrogen-bond donors (Lipinski definition) is 2. The molecule has 0 aliphatic carbocycles. The van der Waals surface area contributed by atoms with E-state index >= 15 is 0 Å². The molecule has 3 heterocycles. The zero-order valence-corrected chi connectivity index (χ0v) is 20.4. The van der Waals surface area contributed by atoms with Crippen molar-refractivity contribution in [1.29, 1.82) is 5.26 Å². The van der Waals surface area contributed by atoms with Crippen LogP contribution >= 0.6 is 0 Å². The van der Waals surface area contributed by atoms with Crippen LogP contribution in [0, 0.1) is 21.4 Å². The summed E-state index contributed by atoms with van der Waals surface area (Å²) in [6.45, 7) is 0.841. The lowest BCUT2D eigenvalue weighted by molar-refractivity contribution is -0.385. The number of ether oxygens (including phenoxy) is 2. The van der Waals surface area contributed by atoms with Crippen molar-refractivity contribution >= 4 is 43.9 Å². The Kier molecular flexibility index (Phi) is 6.69. The van der Waals surface area contributed by atoms with Gasteiger partial charge in [-0.05, 0) is 12.1 Å². The van der Waals surface area contributed by atoms with Gasteiger partial charge in [-0.1, -0.05) is 18.2 Å². The average molecular weight is 534 g/mol. The van der Waals surface area contributed by atoms with Crippen molar-refractivity contribution in [3.05, 3.63) is 76.7 Å². The highest BCUT2D eigenvalue weighted by atomic mass is 32.2. The molecule has 1 unspecified atom stereocenters. The zero-order valence-electron chi connectivity index (χ0n) is 19.6. The Hall–Kier alpha value is -4.87. The van der Waals surface area contributed by atoms with Crippen molar-refractivity contribution in [3.8, 4) is 11.8 Å². The summed E-state index contributed by atoms with van der Waals surface area (Å²) in [5, 5.41) is 24.6. The van der Waals surface area contributed by atoms with Crippen LogP contribution in [0.4, 0.5) is 23.0 Å². The fourth-order valence-electron chi connectivity index (χ4n) is 3.82. The van der Waals surface area contributed by atoms with E-state index in [1.54, 1.807) is 18.2 Å². The number of benzene rings is 2. The van der Waals surface area contributed by atoms with Crippen LogP contribution in [-0.4, -0.2) is 47.6 Å². The Morgan fingerprint density at radius 2 is 1.89 bits per heavy atom. The molecular formula is C24H19N7O6S. The van der Waals surface area contributed by atoms with Crippen LogP contribution in [0.5, 0.6) is 5.75 Å². The van der Waals surface area contributed by atoms with E-state index in [2.05, 4.69) is 25.0 Å². The number of fused-ring (bicyclic) bond motifs is 1. The number of nitro groups is 1. The largest absolute Gasteiger partial charge is 0.481 e. The minimum atomic E-state index is -3.84. The number of nitriles is 1. The molecule has 5 rings (SSSR count). The van der Waals surface area contributed by atoms with E-state index in [-0.39, 0.29) is 50.7 Å². The molecule has 1 saturated heterocycles. The van der Waals surface area contributed by atoms with Gasteiger partial charge in [0.15, 0.2) is 5.75 Å². The van der Waals surface area contributed by atoms with Gasteiger partial charge in [-0.25, -0.2) is 18.4 Å². The number of nitrogens with one attached hydrogen (secondary N) is 2. The van der Waals surface area contributed by atoms with Gasteiger partial charge < -0.3 is 14.8 Å². The molecule has 1 aliphatic heterocycles. The zero-order chi connectivity index (χ0) is 26.7. The number of nitro benzene ring substituents is 1. The number of rotatable bonds is 8. The summed E-state index contributed by atoms with van der Waals surface area (Å²) in [4.78, 5) is 23.8. The molecule has 0 saturated carbocycles. The summed E-state index contributed by atoms with van der Waals surface area (Å²) in [5.41, 5.74) is 0.470. The van der Waals surface area contributed by atoms with Crippen LogP contribution in [0.25, 0.3) is 10.9 Å². The van der Waals surface area contributed by atoms with E-state index in [9.17, 15) is 23.8 Å². The van der Waals surface area contributed by atoms with Crippen LogP contribution in [-0.2, 0) is 14.8 Å². The quantitative estimate of drug-likeness (QED) is 0.250. The standard InChI is InChI=1S/C24H19N7O6S/c25-10-15-11-26-20-9-22(37-17-6-7-36-14-17)21(31(32)33)8-19(20)23(15)29-24-27-12-16(13-28-24)30-38(34,35)18-4-2-1-3-5-18/h1-5,8-9,11-13,17,30H,6-7,14H2,(H,26,27,28,29). The van der Waals surface area contributed by atoms with Gasteiger partial charge >= 0.3 is 5.69 Å². The third-order valence-electron chi connectivity index (χ3n) is 5.64. The molecule has 1 atom stereocenters. The highest BCUT2D eigenvalue weighted by molar-refractivity contribution is 7.92. The molecule has 0 radical (unpaired) electrons. The van der Waals surface area contributed by atoms with Crippen LogP contribution in [0.15, 0.2) is 66.0 Å². The van der Waals surface area contributed by atoms with Crippen molar-refractivity contribution in [3.63, 3.8) is 0 Å². The van der Waals surface area contributed by atoms with Gasteiger partial charge in [0.05, 0.1) is 57.9 Å². The molecule has 192 valence electrons. The van der Waals surface area contributed by atoms with Gasteiger partial charge in [0.25, 0.3) is 10.0 Å². The number of nitrogens with zero attached hydrogens (tertiary/aromatic N) is 5. The highest BCUT2D eigenvalue weighted by Crippen LogP contribution is 2.37. The second-order valence-corrected chi connectivity index (χ2v) is 9.88. The van der Waals surface area contributed by atoms with Crippen molar-refractivity contribution in [2.45, 2.75) is 17.4 Å². The second-order valence-electron chi connectivity index (χ2n) is 8.20. The maximum Gasteiger partial charge on any atom is 0.311 e. The smallest absolute Gasteiger partial charge is 0.311 e. The van der Waals surface area contributed by atoms with Crippen molar-refractivity contribution in [2.75, 3.05) is 23.3 Å². The molecule has 2 aromatic carbocycles. The lowest BCUT2D eigenvalue weighted by Gasteiger charge is -2.14. The lowest BCUT2D eigenvalue weighted by atomic mass is 10.1. The fourth-order valence-corrected chi connectivity index (χ4v) is 4.87. The first-order valence-electron chi connectivity index (χ1n) is 11.3. The van der Waals surface area contributed by atoms with Crippen LogP contribution in [0.3, 0.4) is 0 Å². The summed E-state index contributed by atoms with van der Waals surface area (Å²) in [6, 6.07) is 12.5. The summed E-state index contributed by atoms with van der Waals surface area (Å²) in [6.07, 6.45) is 4.12. The summed E-state index contributed by atoms with van der Waals surface area (Å²) in [5.74, 6) is 0.0789. The molecule has 2 N–H and O–H groups in total. The molecule has 14 heteroatoms. The molecule has 0 spiro atoms. The number of pyridine rings is 1. The van der Waals surface area contributed by atoms with E-state index in [0.29, 0.717) is 25.2 Å². The van der Waals surface area contributed by atoms with E-state index in [0.717, 1.165) is 0 Å². The molecule has 13 nitrogen and oxygen atoms in total. The molecule has 38 heavy (non-hydrogen) atoms. The Morgan fingerprint density at radius 1 is 1.13 bits per heavy atom. The molecule has 4 aromatic rings. The predicted molar refractivity (Wildman–Crippen MR) is 136 cm³/mol. The molecule has 1 fully saturated rings. The minimum Gasteiger partial charge on any atom is -0.481 e. The SMILES string of the molecule is N#Cc1cnc2cc(OC3CCOC3)c([N+](=O)[O-])cc2c1Nc1ncc(NS(=O)(=O)c2ccccc2)cn1. The Morgan fingerprint density at radius 3 is 2.55 bits per heavy atom. The molecular weight excluding hydrogens is 514 g/mol. The second kappa shape index (κ2) is 10.2. The summed E-state index contributed by atoms with van der Waals surface area (Å²) >= 11 is 0. The van der Waals surface area contributed by atoms with E-state index in [1.165, 1.54) is 42.9 Å². The Labute approximate surface area is 216 Å². The third-order valence-corrected chi connectivity index (χ3v) is 7.04. The minimum absolute atomic E-state index is 0.0303. The summed E-state index contributed by atoms with van der Waals surface area (Å²) < 4.78 is 38.5. The number of sulfonamides is 1. The first-order valence-corrected chi connectivity index (χ1v) is 12.7. The van der Waals surface area contributed by atoms with Crippen LogP contribution in [0.2, 0.25) is 0 Å². The van der Waals surface area contributed by atoms with Gasteiger partial charge in [0, 0.05) is 30.1 Å². The van der Waals surface area contributed by atoms with Crippen molar-refractivity contribution in [1.82, 2.24) is 15.0 Å². The van der Waals surface area contributed by atoms with Crippen molar-refractivity contribution < 1.29 is 22.8 Å². The van der Waals surface area contributed by atoms with Crippen LogP contribution in [0.1, 0.15) is 12.0 Å². The van der Waals surface area contributed by atoms with Crippen molar-refractivity contribution in [2.24, 2.45) is 0 Å². The number of hydrogen-bond acceptors (Lipinski definition) is 11. The highest BCUT2D eigenvalue weighted by Gasteiger charge is 2.25. The van der Waals surface area contributed by atoms with Crippen LogP contribution < -0.4 is 14.8 Å².